The van der Waals surface area contributed by atoms with Crippen LogP contribution in [-0.2, 0) is 6.61 Å². The summed E-state index contributed by atoms with van der Waals surface area (Å²) in [6, 6.07) is 18.1. The summed E-state index contributed by atoms with van der Waals surface area (Å²) in [5.74, 6) is 0.894. The number of ether oxygens (including phenoxy) is 1. The molecule has 0 saturated heterocycles. The molecule has 0 aliphatic carbocycles. The average molecular weight is 321 g/mol. The van der Waals surface area contributed by atoms with Crippen molar-refractivity contribution in [3.8, 4) is 17.0 Å². The van der Waals surface area contributed by atoms with Crippen LogP contribution in [0.2, 0.25) is 0 Å². The first kappa shape index (κ1) is 14.0. The lowest BCUT2D eigenvalue weighted by Crippen LogP contribution is -1.97. The van der Waals surface area contributed by atoms with E-state index < -0.39 is 0 Å². The van der Waals surface area contributed by atoms with Gasteiger partial charge in [0.2, 0.25) is 4.96 Å². The Morgan fingerprint density at radius 2 is 1.83 bits per heavy atom. The predicted molar refractivity (Wildman–Crippen MR) is 91.8 cm³/mol. The molecule has 23 heavy (non-hydrogen) atoms. The minimum absolute atomic E-state index is 0.458. The lowest BCUT2D eigenvalue weighted by molar-refractivity contribution is 0.302. The highest BCUT2D eigenvalue weighted by Gasteiger charge is 2.10. The number of nitrogens with zero attached hydrogens (tertiary/aromatic N) is 3. The van der Waals surface area contributed by atoms with Gasteiger partial charge in [-0.2, -0.15) is 5.10 Å². The summed E-state index contributed by atoms with van der Waals surface area (Å²) in [6.45, 7) is 2.50. The minimum Gasteiger partial charge on any atom is -0.486 e. The van der Waals surface area contributed by atoms with E-state index in [0.29, 0.717) is 6.61 Å². The van der Waals surface area contributed by atoms with Gasteiger partial charge in [-0.1, -0.05) is 59.9 Å². The first-order valence-electron chi connectivity index (χ1n) is 7.38. The van der Waals surface area contributed by atoms with Gasteiger partial charge in [0.15, 0.2) is 5.01 Å². The molecule has 2 heterocycles. The number of hydrogen-bond donors (Lipinski definition) is 0. The van der Waals surface area contributed by atoms with Crippen LogP contribution >= 0.6 is 11.3 Å². The molecule has 0 atom stereocenters. The maximum atomic E-state index is 5.84. The number of benzene rings is 2. The minimum atomic E-state index is 0.458. The Kier molecular flexibility index (Phi) is 3.55. The van der Waals surface area contributed by atoms with Crippen LogP contribution in [-0.4, -0.2) is 14.6 Å². The van der Waals surface area contributed by atoms with Crippen molar-refractivity contribution in [1.29, 1.82) is 0 Å². The third kappa shape index (κ3) is 2.83. The van der Waals surface area contributed by atoms with E-state index >= 15 is 0 Å². The molecule has 0 spiro atoms. The zero-order valence-corrected chi connectivity index (χ0v) is 13.5. The molecule has 0 unspecified atom stereocenters. The Hall–Kier alpha value is -2.66. The van der Waals surface area contributed by atoms with Crippen LogP contribution in [0.4, 0.5) is 0 Å². The Bertz CT molecular complexity index is 912. The fourth-order valence-electron chi connectivity index (χ4n) is 2.41. The summed E-state index contributed by atoms with van der Waals surface area (Å²) < 4.78 is 7.67. The topological polar surface area (TPSA) is 39.4 Å². The van der Waals surface area contributed by atoms with Gasteiger partial charge in [-0.3, -0.25) is 0 Å². The maximum Gasteiger partial charge on any atom is 0.212 e. The largest absolute Gasteiger partial charge is 0.486 e. The Labute approximate surface area is 138 Å². The second-order valence-electron chi connectivity index (χ2n) is 5.27. The fraction of sp³-hybridized carbons (Fsp3) is 0.111. The van der Waals surface area contributed by atoms with Crippen LogP contribution in [0, 0.1) is 6.92 Å². The third-order valence-electron chi connectivity index (χ3n) is 3.60. The fourth-order valence-corrected chi connectivity index (χ4v) is 3.19. The summed E-state index contributed by atoms with van der Waals surface area (Å²) in [5, 5.41) is 5.46. The molecule has 2 aromatic heterocycles. The summed E-state index contributed by atoms with van der Waals surface area (Å²) in [7, 11) is 0. The highest BCUT2D eigenvalue weighted by Crippen LogP contribution is 2.23. The van der Waals surface area contributed by atoms with Gasteiger partial charge < -0.3 is 4.74 Å². The molecule has 4 rings (SSSR count). The zero-order chi connectivity index (χ0) is 15.6. The number of para-hydroxylation sites is 1. The molecule has 0 aliphatic heterocycles. The van der Waals surface area contributed by atoms with Crippen molar-refractivity contribution < 1.29 is 4.74 Å². The van der Waals surface area contributed by atoms with Crippen molar-refractivity contribution in [3.05, 3.63) is 71.4 Å². The molecular formula is C18H15N3OS. The quantitative estimate of drug-likeness (QED) is 0.561. The van der Waals surface area contributed by atoms with Crippen LogP contribution in [0.25, 0.3) is 16.2 Å². The van der Waals surface area contributed by atoms with E-state index in [0.717, 1.165) is 32.5 Å². The molecule has 0 amide bonds. The maximum absolute atomic E-state index is 5.84. The van der Waals surface area contributed by atoms with Crippen LogP contribution in [0.15, 0.2) is 60.8 Å². The number of aromatic nitrogens is 3. The number of aryl methyl sites for hydroxylation is 1. The molecule has 0 saturated carbocycles. The number of fused-ring (bicyclic) bond motifs is 1. The van der Waals surface area contributed by atoms with E-state index in [-0.39, 0.29) is 0 Å². The van der Waals surface area contributed by atoms with E-state index in [9.17, 15) is 0 Å². The van der Waals surface area contributed by atoms with Gasteiger partial charge in [-0.15, -0.1) is 0 Å². The molecule has 0 fully saturated rings. The number of hydrogen-bond acceptors (Lipinski definition) is 4. The van der Waals surface area contributed by atoms with Crippen molar-refractivity contribution in [2.45, 2.75) is 13.5 Å². The Morgan fingerprint density at radius 1 is 1.04 bits per heavy atom. The smallest absolute Gasteiger partial charge is 0.212 e. The van der Waals surface area contributed by atoms with Gasteiger partial charge in [0.05, 0.1) is 11.9 Å². The number of imidazole rings is 1. The van der Waals surface area contributed by atoms with E-state index in [2.05, 4.69) is 22.2 Å². The van der Waals surface area contributed by atoms with Crippen molar-refractivity contribution in [2.24, 2.45) is 0 Å². The van der Waals surface area contributed by atoms with Crippen LogP contribution < -0.4 is 4.74 Å². The molecule has 0 N–H and O–H groups in total. The van der Waals surface area contributed by atoms with Gasteiger partial charge in [0.25, 0.3) is 0 Å². The lowest BCUT2D eigenvalue weighted by Gasteiger charge is -2.06. The summed E-state index contributed by atoms with van der Waals surface area (Å²) in [5.41, 5.74) is 3.17. The summed E-state index contributed by atoms with van der Waals surface area (Å²) in [6.07, 6.45) is 1.96. The van der Waals surface area contributed by atoms with Crippen LogP contribution in [0.5, 0.6) is 5.75 Å². The molecule has 0 bridgehead atoms. The third-order valence-corrected chi connectivity index (χ3v) is 4.50. The van der Waals surface area contributed by atoms with Crippen molar-refractivity contribution in [2.75, 3.05) is 0 Å². The van der Waals surface area contributed by atoms with E-state index in [1.54, 1.807) is 11.3 Å². The second kappa shape index (κ2) is 5.85. The predicted octanol–water partition coefficient (Wildman–Crippen LogP) is 4.35. The van der Waals surface area contributed by atoms with Gasteiger partial charge in [0.1, 0.15) is 12.4 Å². The van der Waals surface area contributed by atoms with Gasteiger partial charge >= 0.3 is 0 Å². The highest BCUT2D eigenvalue weighted by atomic mass is 32.1. The summed E-state index contributed by atoms with van der Waals surface area (Å²) in [4.78, 5) is 5.52. The van der Waals surface area contributed by atoms with E-state index in [1.807, 2.05) is 60.1 Å². The van der Waals surface area contributed by atoms with Crippen molar-refractivity contribution in [3.63, 3.8) is 0 Å². The Balaban J connectivity index is 1.54. The van der Waals surface area contributed by atoms with E-state index in [1.165, 1.54) is 0 Å². The van der Waals surface area contributed by atoms with Gasteiger partial charge in [0, 0.05) is 5.56 Å². The molecule has 114 valence electrons. The average Bonchev–Trinajstić information content (AvgIpc) is 3.13. The molecule has 0 aliphatic rings. The SMILES string of the molecule is Cc1ccccc1OCc1nn2cc(-c3ccccc3)nc2s1. The lowest BCUT2D eigenvalue weighted by atomic mass is 10.2. The monoisotopic (exact) mass is 321 g/mol. The first-order chi connectivity index (χ1) is 11.3. The standard InChI is InChI=1S/C18H15N3OS/c1-13-7-5-6-10-16(13)22-12-17-20-21-11-15(19-18(21)23-17)14-8-3-2-4-9-14/h2-11H,12H2,1H3. The van der Waals surface area contributed by atoms with Gasteiger partial charge in [-0.25, -0.2) is 9.50 Å². The molecule has 5 heteroatoms. The zero-order valence-electron chi connectivity index (χ0n) is 12.6. The second-order valence-corrected chi connectivity index (χ2v) is 6.31. The first-order valence-corrected chi connectivity index (χ1v) is 8.20. The van der Waals surface area contributed by atoms with Gasteiger partial charge in [-0.05, 0) is 18.6 Å². The van der Waals surface area contributed by atoms with Crippen LogP contribution in [0.3, 0.4) is 0 Å². The molecule has 2 aromatic carbocycles. The van der Waals surface area contributed by atoms with Crippen LogP contribution in [0.1, 0.15) is 10.6 Å². The molecule has 4 nitrogen and oxygen atoms in total. The molecular weight excluding hydrogens is 306 g/mol. The molecule has 4 aromatic rings. The number of rotatable bonds is 4. The summed E-state index contributed by atoms with van der Waals surface area (Å²) >= 11 is 1.55. The van der Waals surface area contributed by atoms with Crippen molar-refractivity contribution in [1.82, 2.24) is 14.6 Å². The normalized spacial score (nSPS) is 11.0. The Morgan fingerprint density at radius 3 is 2.61 bits per heavy atom. The van der Waals surface area contributed by atoms with Crippen molar-refractivity contribution >= 4 is 16.3 Å². The molecule has 0 radical (unpaired) electrons. The van der Waals surface area contributed by atoms with E-state index in [4.69, 9.17) is 4.74 Å². The highest BCUT2D eigenvalue weighted by molar-refractivity contribution is 7.16.